The van der Waals surface area contributed by atoms with Gasteiger partial charge in [0.25, 0.3) is 0 Å². The minimum Gasteiger partial charge on any atom is -0.369 e. The molecular formula is C15H23BrN2O2S. The van der Waals surface area contributed by atoms with Gasteiger partial charge >= 0.3 is 0 Å². The Morgan fingerprint density at radius 2 is 1.95 bits per heavy atom. The molecule has 0 unspecified atom stereocenters. The summed E-state index contributed by atoms with van der Waals surface area (Å²) < 4.78 is 24.0. The van der Waals surface area contributed by atoms with Crippen LogP contribution in [0, 0.1) is 5.92 Å². The molecule has 2 rings (SSSR count). The molecular weight excluding hydrogens is 352 g/mol. The predicted molar refractivity (Wildman–Crippen MR) is 91.6 cm³/mol. The number of hydrogen-bond acceptors (Lipinski definition) is 4. The van der Waals surface area contributed by atoms with Crippen LogP contribution in [0.25, 0.3) is 0 Å². The molecule has 1 aromatic carbocycles. The molecule has 118 valence electrons. The Morgan fingerprint density at radius 3 is 2.52 bits per heavy atom. The van der Waals surface area contributed by atoms with Crippen molar-refractivity contribution in [1.82, 2.24) is 5.32 Å². The smallest absolute Gasteiger partial charge is 0.153 e. The van der Waals surface area contributed by atoms with Gasteiger partial charge in [-0.25, -0.2) is 8.42 Å². The molecule has 0 radical (unpaired) electrons. The number of halogens is 1. The minimum absolute atomic E-state index is 0.247. The zero-order valence-electron chi connectivity index (χ0n) is 12.6. The lowest BCUT2D eigenvalue weighted by Crippen LogP contribution is -2.40. The van der Waals surface area contributed by atoms with Crippen molar-refractivity contribution in [3.8, 4) is 0 Å². The largest absolute Gasteiger partial charge is 0.369 e. The molecule has 1 aliphatic heterocycles. The van der Waals surface area contributed by atoms with Gasteiger partial charge in [-0.15, -0.1) is 0 Å². The highest BCUT2D eigenvalue weighted by Crippen LogP contribution is 2.28. The van der Waals surface area contributed by atoms with Gasteiger partial charge in [0.05, 0.1) is 17.2 Å². The third kappa shape index (κ3) is 4.97. The highest BCUT2D eigenvalue weighted by Gasteiger charge is 2.22. The van der Waals surface area contributed by atoms with Crippen LogP contribution in [0.5, 0.6) is 0 Å². The average molecular weight is 375 g/mol. The first-order valence-corrected chi connectivity index (χ1v) is 9.93. The molecule has 6 heteroatoms. The van der Waals surface area contributed by atoms with Crippen LogP contribution in [0.1, 0.15) is 19.4 Å². The number of anilines is 1. The summed E-state index contributed by atoms with van der Waals surface area (Å²) in [5.74, 6) is 1.14. The van der Waals surface area contributed by atoms with E-state index in [1.807, 2.05) is 0 Å². The third-order valence-corrected chi connectivity index (χ3v) is 5.82. The van der Waals surface area contributed by atoms with Crippen molar-refractivity contribution in [2.24, 2.45) is 5.92 Å². The number of nitrogens with zero attached hydrogens (tertiary/aromatic N) is 1. The lowest BCUT2D eigenvalue weighted by Gasteiger charge is -2.29. The van der Waals surface area contributed by atoms with Gasteiger partial charge in [0.1, 0.15) is 0 Å². The van der Waals surface area contributed by atoms with Crippen molar-refractivity contribution >= 4 is 31.5 Å². The van der Waals surface area contributed by atoms with Gasteiger partial charge in [-0.2, -0.15) is 0 Å². The number of sulfone groups is 1. The van der Waals surface area contributed by atoms with Crippen LogP contribution in [-0.4, -0.2) is 39.6 Å². The summed E-state index contributed by atoms with van der Waals surface area (Å²) in [4.78, 5) is 2.14. The maximum Gasteiger partial charge on any atom is 0.153 e. The van der Waals surface area contributed by atoms with Gasteiger partial charge in [0.2, 0.25) is 0 Å². The van der Waals surface area contributed by atoms with E-state index in [0.29, 0.717) is 19.0 Å². The monoisotopic (exact) mass is 374 g/mol. The first-order valence-electron chi connectivity index (χ1n) is 7.32. The minimum atomic E-state index is -2.83. The summed E-state index contributed by atoms with van der Waals surface area (Å²) in [6.07, 6.45) is 0. The summed E-state index contributed by atoms with van der Waals surface area (Å²) in [6, 6.07) is 6.30. The van der Waals surface area contributed by atoms with E-state index in [4.69, 9.17) is 0 Å². The van der Waals surface area contributed by atoms with Crippen LogP contribution in [0.2, 0.25) is 0 Å². The van der Waals surface area contributed by atoms with Crippen molar-refractivity contribution in [2.45, 2.75) is 20.4 Å². The fraction of sp³-hybridized carbons (Fsp3) is 0.600. The molecule has 0 aromatic heterocycles. The van der Waals surface area contributed by atoms with Gasteiger partial charge in [-0.3, -0.25) is 0 Å². The number of nitrogens with one attached hydrogen (secondary N) is 1. The maximum atomic E-state index is 11.5. The zero-order chi connectivity index (χ0) is 15.5. The van der Waals surface area contributed by atoms with E-state index in [1.54, 1.807) is 0 Å². The molecule has 0 atom stereocenters. The van der Waals surface area contributed by atoms with Crippen LogP contribution in [-0.2, 0) is 16.4 Å². The summed E-state index contributed by atoms with van der Waals surface area (Å²) >= 11 is 3.61. The van der Waals surface area contributed by atoms with Crippen LogP contribution < -0.4 is 10.2 Å². The standard InChI is InChI=1S/C15H23BrN2O2S/c1-12(2)10-17-11-13-3-4-15(14(16)9-13)18-5-7-21(19,20)8-6-18/h3-4,9,12,17H,5-8,10-11H2,1-2H3. The Bertz CT molecular complexity index is 573. The maximum absolute atomic E-state index is 11.5. The lowest BCUT2D eigenvalue weighted by molar-refractivity contribution is 0.552. The van der Waals surface area contributed by atoms with E-state index < -0.39 is 9.84 Å². The highest BCUT2D eigenvalue weighted by atomic mass is 79.9. The molecule has 1 aromatic rings. The van der Waals surface area contributed by atoms with E-state index in [2.05, 4.69) is 58.2 Å². The van der Waals surface area contributed by atoms with Gasteiger partial charge in [-0.1, -0.05) is 19.9 Å². The Kier molecular flexibility index (Phi) is 5.68. The van der Waals surface area contributed by atoms with E-state index in [1.165, 1.54) is 5.56 Å². The molecule has 0 spiro atoms. The highest BCUT2D eigenvalue weighted by molar-refractivity contribution is 9.10. The van der Waals surface area contributed by atoms with Crippen molar-refractivity contribution < 1.29 is 8.42 Å². The van der Waals surface area contributed by atoms with Crippen LogP contribution in [0.15, 0.2) is 22.7 Å². The topological polar surface area (TPSA) is 49.4 Å². The summed E-state index contributed by atoms with van der Waals surface area (Å²) in [5.41, 5.74) is 2.31. The molecule has 21 heavy (non-hydrogen) atoms. The fourth-order valence-corrected chi connectivity index (χ4v) is 4.25. The van der Waals surface area contributed by atoms with Crippen molar-refractivity contribution in [1.29, 1.82) is 0 Å². The fourth-order valence-electron chi connectivity index (χ4n) is 2.38. The molecule has 1 N–H and O–H groups in total. The van der Waals surface area contributed by atoms with Crippen molar-refractivity contribution in [3.05, 3.63) is 28.2 Å². The third-order valence-electron chi connectivity index (χ3n) is 3.58. The summed E-state index contributed by atoms with van der Waals surface area (Å²) in [5, 5.41) is 3.42. The molecule has 1 saturated heterocycles. The number of benzene rings is 1. The first kappa shape index (κ1) is 16.8. The Hall–Kier alpha value is -0.590. The average Bonchev–Trinajstić information content (AvgIpc) is 2.39. The molecule has 0 aliphatic carbocycles. The van der Waals surface area contributed by atoms with E-state index in [0.717, 1.165) is 23.2 Å². The lowest BCUT2D eigenvalue weighted by atomic mass is 10.1. The summed E-state index contributed by atoms with van der Waals surface area (Å²) in [7, 11) is -2.83. The Morgan fingerprint density at radius 1 is 1.29 bits per heavy atom. The predicted octanol–water partition coefficient (Wildman–Crippen LogP) is 2.43. The summed E-state index contributed by atoms with van der Waals surface area (Å²) in [6.45, 7) is 7.39. The van der Waals surface area contributed by atoms with Gasteiger partial charge in [-0.05, 0) is 46.1 Å². The molecule has 1 heterocycles. The Balaban J connectivity index is 1.99. The van der Waals surface area contributed by atoms with Crippen molar-refractivity contribution in [3.63, 3.8) is 0 Å². The number of hydrogen-bond donors (Lipinski definition) is 1. The molecule has 0 bridgehead atoms. The Labute approximate surface area is 136 Å². The molecule has 1 fully saturated rings. The zero-order valence-corrected chi connectivity index (χ0v) is 15.0. The van der Waals surface area contributed by atoms with Gasteiger partial charge in [0, 0.05) is 24.1 Å². The van der Waals surface area contributed by atoms with E-state index in [-0.39, 0.29) is 11.5 Å². The van der Waals surface area contributed by atoms with Crippen LogP contribution >= 0.6 is 15.9 Å². The van der Waals surface area contributed by atoms with Crippen LogP contribution in [0.4, 0.5) is 5.69 Å². The SMILES string of the molecule is CC(C)CNCc1ccc(N2CCS(=O)(=O)CC2)c(Br)c1. The van der Waals surface area contributed by atoms with E-state index in [9.17, 15) is 8.42 Å². The van der Waals surface area contributed by atoms with Crippen molar-refractivity contribution in [2.75, 3.05) is 36.0 Å². The quantitative estimate of drug-likeness (QED) is 0.859. The molecule has 0 saturated carbocycles. The number of rotatable bonds is 5. The second-order valence-electron chi connectivity index (χ2n) is 5.95. The normalized spacial score (nSPS) is 18.2. The molecule has 0 amide bonds. The molecule has 4 nitrogen and oxygen atoms in total. The van der Waals surface area contributed by atoms with Gasteiger partial charge < -0.3 is 10.2 Å². The molecule has 1 aliphatic rings. The second kappa shape index (κ2) is 7.11. The van der Waals surface area contributed by atoms with E-state index >= 15 is 0 Å². The van der Waals surface area contributed by atoms with Crippen LogP contribution in [0.3, 0.4) is 0 Å². The first-order chi connectivity index (χ1) is 9.87. The second-order valence-corrected chi connectivity index (χ2v) is 9.11. The van der Waals surface area contributed by atoms with Gasteiger partial charge in [0.15, 0.2) is 9.84 Å².